The predicted octanol–water partition coefficient (Wildman–Crippen LogP) is 6.07. The molecule has 1 heterocycles. The molecule has 0 spiro atoms. The molecule has 1 aromatic heterocycles. The SMILES string of the molecule is COc1cc(/C=C2/C(C)=C(C#N)c3nc(N)c(C#N)c(C)c32)cc(Br)c1Oc1ccc([N+](=O)[O-])cc1[N+](=O)[O-]. The average Bonchev–Trinajstić information content (AvgIpc) is 3.15. The minimum Gasteiger partial charge on any atom is -0.493 e. The molecule has 0 saturated heterocycles. The summed E-state index contributed by atoms with van der Waals surface area (Å²) in [5.74, 6) is 0.128. The number of nitrogen functional groups attached to an aromatic ring is 1. The van der Waals surface area contributed by atoms with Crippen LogP contribution in [0.25, 0.3) is 17.2 Å². The quantitative estimate of drug-likeness (QED) is 0.260. The van der Waals surface area contributed by atoms with Gasteiger partial charge in [0, 0.05) is 11.6 Å². The lowest BCUT2D eigenvalue weighted by Crippen LogP contribution is -2.03. The van der Waals surface area contributed by atoms with Crippen LogP contribution in [0.5, 0.6) is 17.2 Å². The highest BCUT2D eigenvalue weighted by Crippen LogP contribution is 2.46. The van der Waals surface area contributed by atoms with E-state index in [1.165, 1.54) is 7.11 Å². The molecule has 2 aromatic carbocycles. The number of benzene rings is 2. The zero-order valence-corrected chi connectivity index (χ0v) is 22.2. The third-order valence-corrected chi connectivity index (χ3v) is 6.70. The number of rotatable bonds is 6. The fraction of sp³-hybridized carbons (Fsp3) is 0.115. The van der Waals surface area contributed by atoms with Crippen molar-refractivity contribution in [3.05, 3.63) is 88.6 Å². The molecule has 3 aromatic rings. The standard InChI is InChI=1S/C26H17BrN6O6/c1-12-16(23-13(2)18(11-29)26(30)31-24(23)17(12)10-28)6-14-7-19(27)25(22(8-14)38-3)39-21-5-4-15(32(34)35)9-20(21)33(36)37/h4-9H,1-3H3,(H2,30,31)/b16-6-. The number of non-ortho nitro benzene ring substituents is 1. The van der Waals surface area contributed by atoms with Crippen molar-refractivity contribution in [3.63, 3.8) is 0 Å². The van der Waals surface area contributed by atoms with E-state index < -0.39 is 21.2 Å². The number of nitro groups is 2. The van der Waals surface area contributed by atoms with Crippen molar-refractivity contribution in [1.82, 2.24) is 4.98 Å². The van der Waals surface area contributed by atoms with Crippen LogP contribution in [-0.4, -0.2) is 21.9 Å². The second-order valence-corrected chi connectivity index (χ2v) is 9.16. The molecule has 1 aliphatic carbocycles. The minimum absolute atomic E-state index is 0.0433. The Morgan fingerprint density at radius 1 is 1.08 bits per heavy atom. The van der Waals surface area contributed by atoms with Gasteiger partial charge in [0.15, 0.2) is 11.5 Å². The third kappa shape index (κ3) is 4.63. The molecule has 0 atom stereocenters. The highest BCUT2D eigenvalue weighted by molar-refractivity contribution is 9.10. The van der Waals surface area contributed by atoms with E-state index in [2.05, 4.69) is 33.1 Å². The number of hydrogen-bond acceptors (Lipinski definition) is 10. The molecule has 0 bridgehead atoms. The maximum Gasteiger partial charge on any atom is 0.318 e. The summed E-state index contributed by atoms with van der Waals surface area (Å²) in [5, 5.41) is 41.9. The first-order chi connectivity index (χ1) is 18.5. The van der Waals surface area contributed by atoms with Gasteiger partial charge < -0.3 is 15.2 Å². The Morgan fingerprint density at radius 3 is 2.38 bits per heavy atom. The average molecular weight is 589 g/mol. The minimum atomic E-state index is -0.778. The molecule has 0 radical (unpaired) electrons. The van der Waals surface area contributed by atoms with Gasteiger partial charge in [-0.25, -0.2) is 4.98 Å². The van der Waals surface area contributed by atoms with E-state index in [4.69, 9.17) is 15.2 Å². The molecule has 2 N–H and O–H groups in total. The molecule has 0 fully saturated rings. The number of allylic oxidation sites excluding steroid dienone is 3. The van der Waals surface area contributed by atoms with Crippen LogP contribution >= 0.6 is 15.9 Å². The van der Waals surface area contributed by atoms with Gasteiger partial charge in [0.2, 0.25) is 5.75 Å². The Hall–Kier alpha value is -5.27. The van der Waals surface area contributed by atoms with Crippen molar-refractivity contribution in [2.24, 2.45) is 0 Å². The molecule has 0 amide bonds. The topological polar surface area (TPSA) is 191 Å². The second kappa shape index (κ2) is 10.2. The smallest absolute Gasteiger partial charge is 0.318 e. The number of nitrogens with two attached hydrogens (primary N) is 1. The van der Waals surface area contributed by atoms with Crippen LogP contribution in [0.4, 0.5) is 17.2 Å². The number of ether oxygens (including phenoxy) is 2. The number of halogens is 1. The maximum absolute atomic E-state index is 11.5. The van der Waals surface area contributed by atoms with Crippen LogP contribution in [0.15, 0.2) is 40.4 Å². The van der Waals surface area contributed by atoms with Crippen molar-refractivity contribution in [1.29, 1.82) is 10.5 Å². The van der Waals surface area contributed by atoms with Crippen LogP contribution in [0, 0.1) is 49.8 Å². The molecular formula is C26H17BrN6O6. The first-order valence-corrected chi connectivity index (χ1v) is 11.8. The van der Waals surface area contributed by atoms with Gasteiger partial charge in [0.25, 0.3) is 5.69 Å². The number of aromatic nitrogens is 1. The molecule has 194 valence electrons. The van der Waals surface area contributed by atoms with Gasteiger partial charge in [0.1, 0.15) is 18.0 Å². The Balaban J connectivity index is 1.84. The van der Waals surface area contributed by atoms with Crippen LogP contribution in [0.1, 0.15) is 34.9 Å². The number of methoxy groups -OCH3 is 1. The summed E-state index contributed by atoms with van der Waals surface area (Å²) in [6, 6.07) is 10.6. The molecule has 0 saturated carbocycles. The zero-order valence-electron chi connectivity index (χ0n) is 20.6. The summed E-state index contributed by atoms with van der Waals surface area (Å²) in [6.45, 7) is 3.51. The molecule has 4 rings (SSSR count). The van der Waals surface area contributed by atoms with E-state index in [1.807, 2.05) is 0 Å². The van der Waals surface area contributed by atoms with Gasteiger partial charge >= 0.3 is 5.69 Å². The van der Waals surface area contributed by atoms with Gasteiger partial charge in [-0.3, -0.25) is 20.2 Å². The first kappa shape index (κ1) is 26.8. The van der Waals surface area contributed by atoms with E-state index in [0.29, 0.717) is 43.6 Å². The summed E-state index contributed by atoms with van der Waals surface area (Å²) in [4.78, 5) is 25.4. The number of nitriles is 2. The Kier molecular flexibility index (Phi) is 7.03. The van der Waals surface area contributed by atoms with E-state index in [9.17, 15) is 30.8 Å². The van der Waals surface area contributed by atoms with Crippen molar-refractivity contribution in [3.8, 4) is 29.4 Å². The van der Waals surface area contributed by atoms with E-state index in [0.717, 1.165) is 18.2 Å². The van der Waals surface area contributed by atoms with E-state index >= 15 is 0 Å². The molecule has 12 nitrogen and oxygen atoms in total. The third-order valence-electron chi connectivity index (χ3n) is 6.11. The van der Waals surface area contributed by atoms with Crippen LogP contribution in [0.2, 0.25) is 0 Å². The number of nitrogens with zero attached hydrogens (tertiary/aromatic N) is 5. The molecular weight excluding hydrogens is 572 g/mol. The summed E-state index contributed by atoms with van der Waals surface area (Å²) in [5.41, 5.74) is 9.00. The Morgan fingerprint density at radius 2 is 1.79 bits per heavy atom. The summed E-state index contributed by atoms with van der Waals surface area (Å²) in [6.07, 6.45) is 1.79. The Labute approximate surface area is 229 Å². The lowest BCUT2D eigenvalue weighted by Gasteiger charge is -2.14. The van der Waals surface area contributed by atoms with Crippen LogP contribution in [-0.2, 0) is 0 Å². The van der Waals surface area contributed by atoms with E-state index in [1.54, 1.807) is 32.1 Å². The van der Waals surface area contributed by atoms with Crippen LogP contribution in [0.3, 0.4) is 0 Å². The number of nitro benzene ring substituents is 2. The predicted molar refractivity (Wildman–Crippen MR) is 145 cm³/mol. The monoisotopic (exact) mass is 588 g/mol. The fourth-order valence-electron chi connectivity index (χ4n) is 4.24. The maximum atomic E-state index is 11.5. The summed E-state index contributed by atoms with van der Waals surface area (Å²) >= 11 is 3.42. The normalized spacial score (nSPS) is 13.0. The summed E-state index contributed by atoms with van der Waals surface area (Å²) in [7, 11) is 1.38. The largest absolute Gasteiger partial charge is 0.493 e. The lowest BCUT2D eigenvalue weighted by atomic mass is 9.95. The van der Waals surface area contributed by atoms with Gasteiger partial charge in [-0.15, -0.1) is 0 Å². The number of fused-ring (bicyclic) bond motifs is 1. The highest BCUT2D eigenvalue weighted by Gasteiger charge is 2.30. The zero-order chi connectivity index (χ0) is 28.6. The van der Waals surface area contributed by atoms with Crippen molar-refractivity contribution < 1.29 is 19.3 Å². The first-order valence-electron chi connectivity index (χ1n) is 11.0. The molecule has 39 heavy (non-hydrogen) atoms. The van der Waals surface area contributed by atoms with Gasteiger partial charge in [0.05, 0.1) is 44.3 Å². The van der Waals surface area contributed by atoms with Crippen LogP contribution < -0.4 is 15.2 Å². The fourth-order valence-corrected chi connectivity index (χ4v) is 4.78. The van der Waals surface area contributed by atoms with E-state index in [-0.39, 0.29) is 28.6 Å². The lowest BCUT2D eigenvalue weighted by molar-refractivity contribution is -0.394. The second-order valence-electron chi connectivity index (χ2n) is 8.30. The van der Waals surface area contributed by atoms with Gasteiger partial charge in [-0.05, 0) is 76.3 Å². The molecule has 1 aliphatic rings. The van der Waals surface area contributed by atoms with Gasteiger partial charge in [-0.2, -0.15) is 10.5 Å². The molecule has 0 unspecified atom stereocenters. The van der Waals surface area contributed by atoms with Crippen molar-refractivity contribution in [2.75, 3.05) is 12.8 Å². The number of hydrogen-bond donors (Lipinski definition) is 1. The van der Waals surface area contributed by atoms with Crippen molar-refractivity contribution in [2.45, 2.75) is 13.8 Å². The van der Waals surface area contributed by atoms with Crippen molar-refractivity contribution >= 4 is 50.3 Å². The highest BCUT2D eigenvalue weighted by atomic mass is 79.9. The molecule has 0 aliphatic heterocycles. The number of pyridine rings is 1. The van der Waals surface area contributed by atoms with Gasteiger partial charge in [-0.1, -0.05) is 0 Å². The number of anilines is 1. The Bertz CT molecular complexity index is 1750. The molecule has 13 heteroatoms. The summed E-state index contributed by atoms with van der Waals surface area (Å²) < 4.78 is 11.6.